The highest BCUT2D eigenvalue weighted by Gasteiger charge is 2.33. The number of hydrogen-bond donors (Lipinski definition) is 2. The molecule has 0 saturated carbocycles. The summed E-state index contributed by atoms with van der Waals surface area (Å²) in [6.07, 6.45) is 6.61. The van der Waals surface area contributed by atoms with Crippen molar-refractivity contribution in [1.82, 2.24) is 5.32 Å². The van der Waals surface area contributed by atoms with Crippen LogP contribution in [0.5, 0.6) is 0 Å². The van der Waals surface area contributed by atoms with Crippen LogP contribution in [0.3, 0.4) is 0 Å². The molecular weight excluding hydrogens is 194 g/mol. The summed E-state index contributed by atoms with van der Waals surface area (Å²) in [6.45, 7) is 3.38. The number of carboxylic acids is 1. The predicted molar refractivity (Wildman–Crippen MR) is 57.2 cm³/mol. The third-order valence-electron chi connectivity index (χ3n) is 2.13. The quantitative estimate of drug-likeness (QED) is 0.648. The second-order valence-electron chi connectivity index (χ2n) is 3.64. The molecule has 2 N–H and O–H groups in total. The molecule has 4 heteroatoms. The molecule has 1 unspecified atom stereocenters. The number of carbonyl (C=O) groups is 2. The Labute approximate surface area is 90.1 Å². The number of rotatable bonds is 6. The number of carbonyl (C=O) groups excluding carboxylic acids is 1. The lowest BCUT2D eigenvalue weighted by Crippen LogP contribution is -2.52. The van der Waals surface area contributed by atoms with Gasteiger partial charge in [-0.3, -0.25) is 4.79 Å². The van der Waals surface area contributed by atoms with Gasteiger partial charge in [0, 0.05) is 12.8 Å². The first kappa shape index (κ1) is 13.5. The molecule has 15 heavy (non-hydrogen) atoms. The molecule has 0 heterocycles. The molecule has 0 fully saturated rings. The fourth-order valence-corrected chi connectivity index (χ4v) is 1.28. The van der Waals surface area contributed by atoms with Gasteiger partial charge in [0.25, 0.3) is 0 Å². The summed E-state index contributed by atoms with van der Waals surface area (Å²) in [5, 5.41) is 11.5. The van der Waals surface area contributed by atoms with Gasteiger partial charge in [-0.2, -0.15) is 0 Å². The average Bonchev–Trinajstić information content (AvgIpc) is 2.14. The molecule has 0 aliphatic carbocycles. The summed E-state index contributed by atoms with van der Waals surface area (Å²) >= 11 is 0. The molecule has 0 bridgehead atoms. The molecule has 0 aliphatic heterocycles. The molecule has 0 aliphatic rings. The summed E-state index contributed by atoms with van der Waals surface area (Å²) in [5.74, 6) is 1.01. The minimum absolute atomic E-state index is 0.170. The largest absolute Gasteiger partial charge is 0.480 e. The van der Waals surface area contributed by atoms with Gasteiger partial charge >= 0.3 is 5.97 Å². The van der Waals surface area contributed by atoms with E-state index in [0.29, 0.717) is 19.3 Å². The van der Waals surface area contributed by atoms with E-state index in [-0.39, 0.29) is 12.3 Å². The highest BCUT2D eigenvalue weighted by molar-refractivity contribution is 5.86. The number of amides is 1. The highest BCUT2D eigenvalue weighted by atomic mass is 16.4. The number of hydrogen-bond acceptors (Lipinski definition) is 2. The first-order chi connectivity index (χ1) is 6.96. The van der Waals surface area contributed by atoms with Crippen LogP contribution in [0.4, 0.5) is 0 Å². The van der Waals surface area contributed by atoms with Gasteiger partial charge in [0.05, 0.1) is 0 Å². The van der Waals surface area contributed by atoms with Crippen LogP contribution >= 0.6 is 0 Å². The van der Waals surface area contributed by atoms with Gasteiger partial charge in [-0.15, -0.1) is 12.3 Å². The summed E-state index contributed by atoms with van der Waals surface area (Å²) in [7, 11) is 0. The van der Waals surface area contributed by atoms with Crippen molar-refractivity contribution in [2.75, 3.05) is 0 Å². The number of aliphatic carboxylic acids is 1. The van der Waals surface area contributed by atoms with Crippen LogP contribution in [0.25, 0.3) is 0 Å². The summed E-state index contributed by atoms with van der Waals surface area (Å²) in [6, 6.07) is 0. The Balaban J connectivity index is 4.36. The lowest BCUT2D eigenvalue weighted by molar-refractivity contribution is -0.147. The van der Waals surface area contributed by atoms with Crippen molar-refractivity contribution in [1.29, 1.82) is 0 Å². The Bertz CT molecular complexity index is 280. The van der Waals surface area contributed by atoms with Crippen molar-refractivity contribution in [2.24, 2.45) is 0 Å². The molecule has 0 aromatic carbocycles. The maximum atomic E-state index is 11.3. The zero-order chi connectivity index (χ0) is 11.9. The Morgan fingerprint density at radius 1 is 1.53 bits per heavy atom. The molecule has 0 aromatic rings. The molecule has 1 amide bonds. The monoisotopic (exact) mass is 211 g/mol. The van der Waals surface area contributed by atoms with E-state index in [1.807, 2.05) is 6.92 Å². The van der Waals surface area contributed by atoms with E-state index in [0.717, 1.165) is 0 Å². The lowest BCUT2D eigenvalue weighted by Gasteiger charge is -2.25. The third kappa shape index (κ3) is 4.50. The van der Waals surface area contributed by atoms with Crippen molar-refractivity contribution >= 4 is 11.9 Å². The minimum atomic E-state index is -1.18. The number of nitrogens with one attached hydrogen (secondary N) is 1. The molecule has 0 spiro atoms. The van der Waals surface area contributed by atoms with E-state index in [4.69, 9.17) is 11.5 Å². The lowest BCUT2D eigenvalue weighted by atomic mass is 9.96. The van der Waals surface area contributed by atoms with Crippen molar-refractivity contribution < 1.29 is 14.7 Å². The van der Waals surface area contributed by atoms with E-state index in [9.17, 15) is 9.59 Å². The van der Waals surface area contributed by atoms with Crippen LogP contribution in [0.1, 0.15) is 39.5 Å². The van der Waals surface area contributed by atoms with E-state index in [1.54, 1.807) is 0 Å². The van der Waals surface area contributed by atoms with E-state index < -0.39 is 11.5 Å². The molecule has 0 rings (SSSR count). The fraction of sp³-hybridized carbons (Fsp3) is 0.636. The van der Waals surface area contributed by atoms with Crippen LogP contribution in [0.15, 0.2) is 0 Å². The zero-order valence-corrected chi connectivity index (χ0v) is 9.17. The van der Waals surface area contributed by atoms with Crippen LogP contribution in [-0.4, -0.2) is 22.5 Å². The summed E-state index contributed by atoms with van der Waals surface area (Å²) < 4.78 is 0. The second kappa shape index (κ2) is 6.07. The maximum Gasteiger partial charge on any atom is 0.329 e. The Hall–Kier alpha value is -1.50. The van der Waals surface area contributed by atoms with Gasteiger partial charge < -0.3 is 10.4 Å². The minimum Gasteiger partial charge on any atom is -0.480 e. The van der Waals surface area contributed by atoms with Crippen molar-refractivity contribution in [3.63, 3.8) is 0 Å². The molecule has 1 atom stereocenters. The molecule has 4 nitrogen and oxygen atoms in total. The SMILES string of the molecule is C#CCCC(=O)NC(C)(CCC)C(=O)O. The average molecular weight is 211 g/mol. The number of carboxylic acid groups (broad SMARTS) is 1. The Morgan fingerprint density at radius 2 is 2.13 bits per heavy atom. The molecule has 0 radical (unpaired) electrons. The Morgan fingerprint density at radius 3 is 2.53 bits per heavy atom. The van der Waals surface area contributed by atoms with Crippen LogP contribution in [0, 0.1) is 12.3 Å². The van der Waals surface area contributed by atoms with Crippen LogP contribution in [-0.2, 0) is 9.59 Å². The summed E-state index contributed by atoms with van der Waals surface area (Å²) in [5.41, 5.74) is -1.18. The fourth-order valence-electron chi connectivity index (χ4n) is 1.28. The third-order valence-corrected chi connectivity index (χ3v) is 2.13. The van der Waals surface area contributed by atoms with Crippen molar-refractivity contribution in [3.05, 3.63) is 0 Å². The van der Waals surface area contributed by atoms with Gasteiger partial charge in [0.15, 0.2) is 0 Å². The normalized spacial score (nSPS) is 13.7. The molecule has 84 valence electrons. The smallest absolute Gasteiger partial charge is 0.329 e. The van der Waals surface area contributed by atoms with E-state index in [2.05, 4.69) is 11.2 Å². The standard InChI is InChI=1S/C11H17NO3/c1-4-6-7-9(13)12-11(3,8-5-2)10(14)15/h1H,5-8H2,2-3H3,(H,12,13)(H,14,15). The first-order valence-electron chi connectivity index (χ1n) is 4.94. The van der Waals surface area contributed by atoms with Crippen molar-refractivity contribution in [2.45, 2.75) is 45.1 Å². The van der Waals surface area contributed by atoms with E-state index >= 15 is 0 Å². The van der Waals surface area contributed by atoms with Gasteiger partial charge in [0.1, 0.15) is 5.54 Å². The number of terminal acetylenes is 1. The predicted octanol–water partition coefficient (Wildman–Crippen LogP) is 1.16. The molecule has 0 aromatic heterocycles. The van der Waals surface area contributed by atoms with Crippen molar-refractivity contribution in [3.8, 4) is 12.3 Å². The van der Waals surface area contributed by atoms with Gasteiger partial charge in [-0.1, -0.05) is 13.3 Å². The topological polar surface area (TPSA) is 66.4 Å². The molecule has 0 saturated heterocycles. The first-order valence-corrected chi connectivity index (χ1v) is 4.94. The van der Waals surface area contributed by atoms with Gasteiger partial charge in [-0.05, 0) is 13.3 Å². The van der Waals surface area contributed by atoms with Crippen LogP contribution < -0.4 is 5.32 Å². The van der Waals surface area contributed by atoms with Gasteiger partial charge in [0.2, 0.25) is 5.91 Å². The second-order valence-corrected chi connectivity index (χ2v) is 3.64. The van der Waals surface area contributed by atoms with Gasteiger partial charge in [-0.25, -0.2) is 4.79 Å². The molecular formula is C11H17NO3. The maximum absolute atomic E-state index is 11.3. The van der Waals surface area contributed by atoms with E-state index in [1.165, 1.54) is 6.92 Å². The summed E-state index contributed by atoms with van der Waals surface area (Å²) in [4.78, 5) is 22.3. The highest BCUT2D eigenvalue weighted by Crippen LogP contribution is 2.12. The van der Waals surface area contributed by atoms with Crippen LogP contribution in [0.2, 0.25) is 0 Å². The Kier molecular flexibility index (Phi) is 5.46. The zero-order valence-electron chi connectivity index (χ0n) is 9.17.